The summed E-state index contributed by atoms with van der Waals surface area (Å²) in [4.78, 5) is 2.49. The zero-order valence-corrected chi connectivity index (χ0v) is 10.5. The minimum atomic E-state index is 1.03. The van der Waals surface area contributed by atoms with Crippen LogP contribution in [0.4, 0.5) is 5.69 Å². The quantitative estimate of drug-likeness (QED) is 0.756. The van der Waals surface area contributed by atoms with Gasteiger partial charge in [-0.3, -0.25) is 0 Å². The topological polar surface area (TPSA) is 12.5 Å². The van der Waals surface area contributed by atoms with Gasteiger partial charge in [0.1, 0.15) is 5.75 Å². The molecule has 1 aromatic carbocycles. The third-order valence-corrected chi connectivity index (χ3v) is 3.37. The van der Waals surface area contributed by atoms with E-state index in [0.29, 0.717) is 0 Å². The molecule has 0 aromatic heterocycles. The van der Waals surface area contributed by atoms with Gasteiger partial charge in [0.05, 0.1) is 7.11 Å². The summed E-state index contributed by atoms with van der Waals surface area (Å²) in [6.45, 7) is 6.65. The van der Waals surface area contributed by atoms with Gasteiger partial charge in [0.15, 0.2) is 0 Å². The van der Waals surface area contributed by atoms with Gasteiger partial charge in [0.25, 0.3) is 0 Å². The third-order valence-electron chi connectivity index (χ3n) is 3.37. The van der Waals surface area contributed by atoms with Crippen LogP contribution in [0, 0.1) is 13.8 Å². The summed E-state index contributed by atoms with van der Waals surface area (Å²) >= 11 is 0. The first-order chi connectivity index (χ1) is 7.72. The van der Waals surface area contributed by atoms with Crippen LogP contribution in [-0.2, 0) is 0 Å². The van der Waals surface area contributed by atoms with E-state index in [-0.39, 0.29) is 0 Å². The number of ether oxygens (including phenoxy) is 1. The lowest BCUT2D eigenvalue weighted by molar-refractivity contribution is 0.408. The molecule has 2 nitrogen and oxygen atoms in total. The molecule has 16 heavy (non-hydrogen) atoms. The molecule has 0 amide bonds. The van der Waals surface area contributed by atoms with Crippen LogP contribution >= 0.6 is 0 Å². The zero-order valence-electron chi connectivity index (χ0n) is 10.5. The molecule has 2 heteroatoms. The Bertz CT molecular complexity index is 344. The van der Waals surface area contributed by atoms with E-state index in [1.54, 1.807) is 7.11 Å². The fourth-order valence-corrected chi connectivity index (χ4v) is 2.58. The number of hydrogen-bond acceptors (Lipinski definition) is 2. The van der Waals surface area contributed by atoms with Crippen LogP contribution < -0.4 is 9.64 Å². The van der Waals surface area contributed by atoms with Crippen molar-refractivity contribution in [3.8, 4) is 5.75 Å². The van der Waals surface area contributed by atoms with Crippen LogP contribution in [0.2, 0.25) is 0 Å². The van der Waals surface area contributed by atoms with E-state index in [0.717, 1.165) is 5.75 Å². The molecular weight excluding hydrogens is 198 g/mol. The van der Waals surface area contributed by atoms with Crippen molar-refractivity contribution in [2.45, 2.75) is 33.1 Å². The SMILES string of the molecule is COc1c(C)cc(N2CCCCC2)cc1C. The van der Waals surface area contributed by atoms with Crippen molar-refractivity contribution in [3.63, 3.8) is 0 Å². The van der Waals surface area contributed by atoms with E-state index in [4.69, 9.17) is 4.74 Å². The first-order valence-corrected chi connectivity index (χ1v) is 6.12. The fraction of sp³-hybridized carbons (Fsp3) is 0.571. The van der Waals surface area contributed by atoms with Crippen molar-refractivity contribution in [2.24, 2.45) is 0 Å². The molecule has 1 aliphatic heterocycles. The van der Waals surface area contributed by atoms with Crippen LogP contribution in [0.5, 0.6) is 5.75 Å². The molecule has 0 saturated carbocycles. The highest BCUT2D eigenvalue weighted by atomic mass is 16.5. The number of benzene rings is 1. The second-order valence-corrected chi connectivity index (χ2v) is 4.66. The van der Waals surface area contributed by atoms with Gasteiger partial charge in [-0.25, -0.2) is 0 Å². The predicted molar refractivity (Wildman–Crippen MR) is 68.5 cm³/mol. The smallest absolute Gasteiger partial charge is 0.124 e. The monoisotopic (exact) mass is 219 g/mol. The Balaban J connectivity index is 2.28. The number of aryl methyl sites for hydroxylation is 2. The molecule has 0 unspecified atom stereocenters. The minimum Gasteiger partial charge on any atom is -0.496 e. The maximum absolute atomic E-state index is 5.40. The number of anilines is 1. The van der Waals surface area contributed by atoms with Gasteiger partial charge >= 0.3 is 0 Å². The van der Waals surface area contributed by atoms with E-state index in [1.165, 1.54) is 49.2 Å². The molecule has 0 N–H and O–H groups in total. The lowest BCUT2D eigenvalue weighted by atomic mass is 10.1. The Morgan fingerprint density at radius 3 is 2.06 bits per heavy atom. The van der Waals surface area contributed by atoms with Crippen molar-refractivity contribution < 1.29 is 4.74 Å². The molecule has 0 aliphatic carbocycles. The van der Waals surface area contributed by atoms with E-state index in [9.17, 15) is 0 Å². The van der Waals surface area contributed by atoms with Gasteiger partial charge in [-0.2, -0.15) is 0 Å². The first-order valence-electron chi connectivity index (χ1n) is 6.12. The number of nitrogens with zero attached hydrogens (tertiary/aromatic N) is 1. The summed E-state index contributed by atoms with van der Waals surface area (Å²) in [5, 5.41) is 0. The molecule has 0 atom stereocenters. The molecule has 1 fully saturated rings. The van der Waals surface area contributed by atoms with Crippen molar-refractivity contribution in [1.82, 2.24) is 0 Å². The summed E-state index contributed by atoms with van der Waals surface area (Å²) in [6.07, 6.45) is 4.03. The molecule has 1 heterocycles. The Morgan fingerprint density at radius 1 is 1.00 bits per heavy atom. The van der Waals surface area contributed by atoms with Crippen LogP contribution in [0.3, 0.4) is 0 Å². The Hall–Kier alpha value is -1.18. The zero-order chi connectivity index (χ0) is 11.5. The predicted octanol–water partition coefficient (Wildman–Crippen LogP) is 3.30. The average Bonchev–Trinajstić information content (AvgIpc) is 2.30. The Kier molecular flexibility index (Phi) is 3.37. The Labute approximate surface area is 98.2 Å². The normalized spacial score (nSPS) is 16.3. The van der Waals surface area contributed by atoms with Gasteiger partial charge in [-0.1, -0.05) is 0 Å². The van der Waals surface area contributed by atoms with Crippen LogP contribution in [0.1, 0.15) is 30.4 Å². The van der Waals surface area contributed by atoms with Crippen molar-refractivity contribution in [2.75, 3.05) is 25.1 Å². The standard InChI is InChI=1S/C14H21NO/c1-11-9-13(10-12(2)14(11)16-3)15-7-5-4-6-8-15/h9-10H,4-8H2,1-3H3. The fourth-order valence-electron chi connectivity index (χ4n) is 2.58. The van der Waals surface area contributed by atoms with Gasteiger partial charge in [-0.15, -0.1) is 0 Å². The average molecular weight is 219 g/mol. The Morgan fingerprint density at radius 2 is 1.56 bits per heavy atom. The largest absolute Gasteiger partial charge is 0.496 e. The summed E-state index contributed by atoms with van der Waals surface area (Å²) in [5.41, 5.74) is 3.83. The van der Waals surface area contributed by atoms with Crippen LogP contribution in [0.25, 0.3) is 0 Å². The second-order valence-electron chi connectivity index (χ2n) is 4.66. The summed E-state index contributed by atoms with van der Waals surface area (Å²) < 4.78 is 5.40. The number of piperidine rings is 1. The van der Waals surface area contributed by atoms with Crippen LogP contribution in [0.15, 0.2) is 12.1 Å². The first kappa shape index (κ1) is 11.3. The molecule has 0 radical (unpaired) electrons. The third kappa shape index (κ3) is 2.16. The minimum absolute atomic E-state index is 1.03. The summed E-state index contributed by atoms with van der Waals surface area (Å²) in [6, 6.07) is 4.49. The van der Waals surface area contributed by atoms with E-state index >= 15 is 0 Å². The molecule has 0 spiro atoms. The molecule has 88 valence electrons. The molecule has 0 bridgehead atoms. The molecule has 1 aliphatic rings. The van der Waals surface area contributed by atoms with Gasteiger partial charge in [-0.05, 0) is 56.4 Å². The van der Waals surface area contributed by atoms with Gasteiger partial charge in [0.2, 0.25) is 0 Å². The molecule has 2 rings (SSSR count). The number of hydrogen-bond donors (Lipinski definition) is 0. The maximum atomic E-state index is 5.40. The van der Waals surface area contributed by atoms with Gasteiger partial charge < -0.3 is 9.64 Å². The van der Waals surface area contributed by atoms with Gasteiger partial charge in [0, 0.05) is 18.8 Å². The molecular formula is C14H21NO. The maximum Gasteiger partial charge on any atom is 0.124 e. The lowest BCUT2D eigenvalue weighted by Gasteiger charge is -2.29. The number of methoxy groups -OCH3 is 1. The van der Waals surface area contributed by atoms with E-state index in [2.05, 4.69) is 30.9 Å². The lowest BCUT2D eigenvalue weighted by Crippen LogP contribution is -2.29. The van der Waals surface area contributed by atoms with E-state index in [1.807, 2.05) is 0 Å². The summed E-state index contributed by atoms with van der Waals surface area (Å²) in [7, 11) is 1.75. The molecule has 1 aromatic rings. The second kappa shape index (κ2) is 4.77. The van der Waals surface area contributed by atoms with Crippen molar-refractivity contribution >= 4 is 5.69 Å². The van der Waals surface area contributed by atoms with Crippen LogP contribution in [-0.4, -0.2) is 20.2 Å². The highest BCUT2D eigenvalue weighted by Gasteiger charge is 2.13. The summed E-state index contributed by atoms with van der Waals surface area (Å²) in [5.74, 6) is 1.03. The molecule has 1 saturated heterocycles. The van der Waals surface area contributed by atoms with Crippen molar-refractivity contribution in [1.29, 1.82) is 0 Å². The van der Waals surface area contributed by atoms with Crippen molar-refractivity contribution in [3.05, 3.63) is 23.3 Å². The highest BCUT2D eigenvalue weighted by Crippen LogP contribution is 2.30. The number of rotatable bonds is 2. The highest BCUT2D eigenvalue weighted by molar-refractivity contribution is 5.56. The van der Waals surface area contributed by atoms with E-state index < -0.39 is 0 Å².